The highest BCUT2D eigenvalue weighted by Crippen LogP contribution is 2.20. The molecule has 5 heteroatoms. The van der Waals surface area contributed by atoms with Crippen molar-refractivity contribution in [2.45, 2.75) is 18.9 Å². The Morgan fingerprint density at radius 2 is 2.00 bits per heavy atom. The van der Waals surface area contributed by atoms with E-state index in [2.05, 4.69) is 5.32 Å². The van der Waals surface area contributed by atoms with Gasteiger partial charge in [0.2, 0.25) is 0 Å². The molecule has 1 aromatic rings. The van der Waals surface area contributed by atoms with Crippen LogP contribution in [0.3, 0.4) is 0 Å². The molecule has 0 saturated carbocycles. The number of methoxy groups -OCH3 is 2. The van der Waals surface area contributed by atoms with Gasteiger partial charge in [0.1, 0.15) is 17.0 Å². The summed E-state index contributed by atoms with van der Waals surface area (Å²) in [7, 11) is 4.71. The fourth-order valence-electron chi connectivity index (χ4n) is 1.62. The number of hydrogen-bond acceptors (Lipinski definition) is 5. The average Bonchev–Trinajstić information content (AvgIpc) is 2.46. The van der Waals surface area contributed by atoms with E-state index in [1.165, 1.54) is 7.11 Å². The number of likely N-dealkylation sites (N-methyl/N-ethyl adjacent to an activating group) is 1. The number of ether oxygens (including phenoxy) is 3. The number of esters is 1. The molecule has 0 saturated heterocycles. The fraction of sp³-hybridized carbons (Fsp3) is 0.500. The Balaban J connectivity index is 2.54. The predicted octanol–water partition coefficient (Wildman–Crippen LogP) is 1.62. The number of hydrogen-bond donors (Lipinski definition) is 1. The number of benzene rings is 1. The van der Waals surface area contributed by atoms with E-state index in [0.717, 1.165) is 5.75 Å². The summed E-state index contributed by atoms with van der Waals surface area (Å²) in [6, 6.07) is 7.34. The molecule has 19 heavy (non-hydrogen) atoms. The lowest BCUT2D eigenvalue weighted by Crippen LogP contribution is -2.49. The molecule has 0 aromatic heterocycles. The van der Waals surface area contributed by atoms with Crippen LogP contribution in [-0.2, 0) is 9.53 Å². The van der Waals surface area contributed by atoms with Crippen LogP contribution in [0.25, 0.3) is 0 Å². The van der Waals surface area contributed by atoms with Crippen molar-refractivity contribution in [1.29, 1.82) is 0 Å². The van der Waals surface area contributed by atoms with Crippen molar-refractivity contribution in [3.05, 3.63) is 24.3 Å². The van der Waals surface area contributed by atoms with Gasteiger partial charge in [0.25, 0.3) is 0 Å². The molecule has 106 valence electrons. The molecule has 0 fully saturated rings. The van der Waals surface area contributed by atoms with E-state index in [-0.39, 0.29) is 5.97 Å². The zero-order valence-electron chi connectivity index (χ0n) is 11.9. The molecular weight excluding hydrogens is 246 g/mol. The number of carbonyl (C=O) groups excluding carboxylic acids is 1. The van der Waals surface area contributed by atoms with Crippen molar-refractivity contribution in [1.82, 2.24) is 5.32 Å². The third-order valence-electron chi connectivity index (χ3n) is 3.10. The zero-order chi connectivity index (χ0) is 14.3. The Hall–Kier alpha value is -1.75. The summed E-state index contributed by atoms with van der Waals surface area (Å²) in [5, 5.41) is 2.96. The lowest BCUT2D eigenvalue weighted by Gasteiger charge is -2.25. The van der Waals surface area contributed by atoms with Crippen LogP contribution in [-0.4, -0.2) is 39.4 Å². The maximum absolute atomic E-state index is 11.6. The van der Waals surface area contributed by atoms with Crippen molar-refractivity contribution in [3.8, 4) is 11.5 Å². The van der Waals surface area contributed by atoms with Crippen LogP contribution in [0.15, 0.2) is 24.3 Å². The molecule has 1 atom stereocenters. The number of rotatable bonds is 7. The molecule has 0 radical (unpaired) electrons. The van der Waals surface area contributed by atoms with Gasteiger partial charge in [-0.15, -0.1) is 0 Å². The minimum atomic E-state index is -0.742. The summed E-state index contributed by atoms with van der Waals surface area (Å²) in [4.78, 5) is 11.6. The molecule has 1 rings (SSSR count). The Morgan fingerprint density at radius 3 is 2.58 bits per heavy atom. The van der Waals surface area contributed by atoms with Crippen LogP contribution >= 0.6 is 0 Å². The number of carbonyl (C=O) groups is 1. The van der Waals surface area contributed by atoms with Crippen molar-refractivity contribution < 1.29 is 19.0 Å². The predicted molar refractivity (Wildman–Crippen MR) is 72.6 cm³/mol. The van der Waals surface area contributed by atoms with E-state index >= 15 is 0 Å². The summed E-state index contributed by atoms with van der Waals surface area (Å²) in [5.41, 5.74) is -0.742. The molecule has 0 aliphatic carbocycles. The molecule has 1 N–H and O–H groups in total. The van der Waals surface area contributed by atoms with Crippen molar-refractivity contribution in [2.75, 3.05) is 27.9 Å². The third kappa shape index (κ3) is 4.13. The third-order valence-corrected chi connectivity index (χ3v) is 3.10. The van der Waals surface area contributed by atoms with E-state index < -0.39 is 5.54 Å². The first-order valence-corrected chi connectivity index (χ1v) is 6.10. The molecule has 0 aliphatic rings. The second-order valence-corrected chi connectivity index (χ2v) is 4.35. The van der Waals surface area contributed by atoms with E-state index in [0.29, 0.717) is 18.8 Å². The van der Waals surface area contributed by atoms with Crippen molar-refractivity contribution >= 4 is 5.97 Å². The fourth-order valence-corrected chi connectivity index (χ4v) is 1.62. The molecule has 0 spiro atoms. The first-order chi connectivity index (χ1) is 9.05. The van der Waals surface area contributed by atoms with Crippen molar-refractivity contribution in [2.24, 2.45) is 0 Å². The summed E-state index contributed by atoms with van der Waals surface area (Å²) >= 11 is 0. The number of nitrogens with one attached hydrogen (secondary N) is 1. The van der Waals surface area contributed by atoms with Crippen LogP contribution in [0.1, 0.15) is 13.3 Å². The zero-order valence-corrected chi connectivity index (χ0v) is 11.9. The van der Waals surface area contributed by atoms with Gasteiger partial charge in [0.15, 0.2) is 0 Å². The summed E-state index contributed by atoms with van der Waals surface area (Å²) in [6.07, 6.45) is 0.507. The largest absolute Gasteiger partial charge is 0.497 e. The van der Waals surface area contributed by atoms with Gasteiger partial charge in [-0.05, 0) is 26.1 Å². The first-order valence-electron chi connectivity index (χ1n) is 6.10. The van der Waals surface area contributed by atoms with E-state index in [9.17, 15) is 4.79 Å². The highest BCUT2D eigenvalue weighted by atomic mass is 16.5. The summed E-state index contributed by atoms with van der Waals surface area (Å²) in [5.74, 6) is 1.15. The second kappa shape index (κ2) is 6.99. The topological polar surface area (TPSA) is 56.8 Å². The van der Waals surface area contributed by atoms with Gasteiger partial charge in [0.05, 0.1) is 20.8 Å². The molecular formula is C14H21NO4. The smallest absolute Gasteiger partial charge is 0.325 e. The van der Waals surface area contributed by atoms with Gasteiger partial charge in [-0.1, -0.05) is 6.07 Å². The van der Waals surface area contributed by atoms with Crippen LogP contribution in [0.4, 0.5) is 0 Å². The Kier molecular flexibility index (Phi) is 5.63. The van der Waals surface area contributed by atoms with Crippen LogP contribution < -0.4 is 14.8 Å². The van der Waals surface area contributed by atoms with Gasteiger partial charge < -0.3 is 19.5 Å². The van der Waals surface area contributed by atoms with E-state index in [1.807, 2.05) is 18.2 Å². The lowest BCUT2D eigenvalue weighted by atomic mass is 9.99. The molecule has 5 nitrogen and oxygen atoms in total. The highest BCUT2D eigenvalue weighted by Gasteiger charge is 2.32. The summed E-state index contributed by atoms with van der Waals surface area (Å²) in [6.45, 7) is 2.19. The van der Waals surface area contributed by atoms with Gasteiger partial charge in [-0.25, -0.2) is 0 Å². The molecule has 1 unspecified atom stereocenters. The SMILES string of the molecule is CNC(C)(CCOc1cccc(OC)c1)C(=O)OC. The minimum Gasteiger partial charge on any atom is -0.497 e. The minimum absolute atomic E-state index is 0.302. The quantitative estimate of drug-likeness (QED) is 0.761. The molecule has 0 heterocycles. The van der Waals surface area contributed by atoms with Gasteiger partial charge in [-0.3, -0.25) is 4.79 Å². The standard InChI is InChI=1S/C14H21NO4/c1-14(15-2,13(16)18-4)8-9-19-12-7-5-6-11(10-12)17-3/h5-7,10,15H,8-9H2,1-4H3. The molecule has 1 aromatic carbocycles. The monoisotopic (exact) mass is 267 g/mol. The molecule has 0 amide bonds. The molecule has 0 aliphatic heterocycles. The maximum Gasteiger partial charge on any atom is 0.325 e. The van der Waals surface area contributed by atoms with Gasteiger partial charge in [0, 0.05) is 12.5 Å². The summed E-state index contributed by atoms with van der Waals surface area (Å²) < 4.78 is 15.5. The Labute approximate surface area is 113 Å². The van der Waals surface area contributed by atoms with Gasteiger partial charge >= 0.3 is 5.97 Å². The van der Waals surface area contributed by atoms with Crippen LogP contribution in [0, 0.1) is 0 Å². The maximum atomic E-state index is 11.6. The normalized spacial score (nSPS) is 13.5. The first kappa shape index (κ1) is 15.3. The van der Waals surface area contributed by atoms with Crippen LogP contribution in [0.5, 0.6) is 11.5 Å². The second-order valence-electron chi connectivity index (χ2n) is 4.35. The Bertz CT molecular complexity index is 422. The van der Waals surface area contributed by atoms with E-state index in [1.54, 1.807) is 27.1 Å². The van der Waals surface area contributed by atoms with E-state index in [4.69, 9.17) is 14.2 Å². The lowest BCUT2D eigenvalue weighted by molar-refractivity contribution is -0.148. The average molecular weight is 267 g/mol. The van der Waals surface area contributed by atoms with Crippen molar-refractivity contribution in [3.63, 3.8) is 0 Å². The van der Waals surface area contributed by atoms with Crippen LogP contribution in [0.2, 0.25) is 0 Å². The molecule has 0 bridgehead atoms. The Morgan fingerprint density at radius 1 is 1.32 bits per heavy atom. The highest BCUT2D eigenvalue weighted by molar-refractivity contribution is 5.80. The van der Waals surface area contributed by atoms with Gasteiger partial charge in [-0.2, -0.15) is 0 Å².